The number of hydrogen-bond acceptors (Lipinski definition) is 6. The molecule has 0 spiro atoms. The summed E-state index contributed by atoms with van der Waals surface area (Å²) in [6.45, 7) is 0.875. The molecule has 0 fully saturated rings. The molecule has 3 aromatic carbocycles. The molecule has 0 radical (unpaired) electrons. The number of thiazole rings is 1. The summed E-state index contributed by atoms with van der Waals surface area (Å²) in [4.78, 5) is 28.2. The van der Waals surface area contributed by atoms with E-state index in [1.807, 2.05) is 34.9 Å². The summed E-state index contributed by atoms with van der Waals surface area (Å²) in [6, 6.07) is 20.7. The van der Waals surface area contributed by atoms with Gasteiger partial charge in [-0.05, 0) is 42.5 Å². The van der Waals surface area contributed by atoms with Crippen LogP contribution in [-0.2, 0) is 11.3 Å². The normalized spacial score (nSPS) is 11.6. The van der Waals surface area contributed by atoms with Crippen LogP contribution in [0.15, 0.2) is 77.8 Å². The van der Waals surface area contributed by atoms with Crippen LogP contribution in [0.5, 0.6) is 11.5 Å². The number of carbonyl (C=O) groups excluding carboxylic acids is 1. The average molecular weight is 449 g/mol. The van der Waals surface area contributed by atoms with E-state index in [-0.39, 0.29) is 5.69 Å². The van der Waals surface area contributed by atoms with Crippen LogP contribution in [0.4, 0.5) is 5.69 Å². The summed E-state index contributed by atoms with van der Waals surface area (Å²) in [5, 5.41) is 11.1. The Bertz CT molecular complexity index is 1330. The molecule has 1 aromatic heterocycles. The number of nitro groups is 1. The fraction of sp³-hybridized carbons (Fsp3) is 0.130. The molecule has 0 bridgehead atoms. The standard InChI is InChI=1S/C23H19N3O5S/c1-30-14-13-25-20-12-9-17(26(28)29)15-21(20)32-23(25)24-22(27)16-7-10-19(11-8-16)31-18-5-3-2-4-6-18/h2-12,15H,13-14H2,1H3. The van der Waals surface area contributed by atoms with Crippen LogP contribution in [0, 0.1) is 10.1 Å². The minimum Gasteiger partial charge on any atom is -0.457 e. The van der Waals surface area contributed by atoms with E-state index >= 15 is 0 Å². The number of aromatic nitrogens is 1. The van der Waals surface area contributed by atoms with Crippen molar-refractivity contribution in [3.05, 3.63) is 93.3 Å². The molecule has 0 N–H and O–H groups in total. The molecular formula is C23H19N3O5S. The molecule has 4 aromatic rings. The van der Waals surface area contributed by atoms with Gasteiger partial charge in [-0.2, -0.15) is 4.99 Å². The molecule has 1 heterocycles. The van der Waals surface area contributed by atoms with Crippen molar-refractivity contribution in [2.24, 2.45) is 4.99 Å². The van der Waals surface area contributed by atoms with Gasteiger partial charge in [0.05, 0.1) is 21.7 Å². The molecule has 1 amide bonds. The number of carbonyl (C=O) groups is 1. The smallest absolute Gasteiger partial charge is 0.279 e. The van der Waals surface area contributed by atoms with E-state index in [0.717, 1.165) is 5.52 Å². The predicted octanol–water partition coefficient (Wildman–Crippen LogP) is 4.79. The van der Waals surface area contributed by atoms with Crippen molar-refractivity contribution in [2.75, 3.05) is 13.7 Å². The first-order valence-electron chi connectivity index (χ1n) is 9.74. The summed E-state index contributed by atoms with van der Waals surface area (Å²) in [5.41, 5.74) is 1.16. The average Bonchev–Trinajstić information content (AvgIpc) is 3.14. The van der Waals surface area contributed by atoms with Crippen LogP contribution in [0.3, 0.4) is 0 Å². The van der Waals surface area contributed by atoms with Crippen LogP contribution >= 0.6 is 11.3 Å². The lowest BCUT2D eigenvalue weighted by Gasteiger charge is -2.06. The number of amides is 1. The number of para-hydroxylation sites is 1. The molecule has 162 valence electrons. The molecular weight excluding hydrogens is 430 g/mol. The Kier molecular flexibility index (Phi) is 6.39. The number of fused-ring (bicyclic) bond motifs is 1. The van der Waals surface area contributed by atoms with Crippen molar-refractivity contribution in [2.45, 2.75) is 6.54 Å². The van der Waals surface area contributed by atoms with Crippen molar-refractivity contribution < 1.29 is 19.2 Å². The maximum absolute atomic E-state index is 12.8. The van der Waals surface area contributed by atoms with E-state index in [1.54, 1.807) is 37.4 Å². The van der Waals surface area contributed by atoms with Gasteiger partial charge in [0, 0.05) is 31.4 Å². The van der Waals surface area contributed by atoms with E-state index in [4.69, 9.17) is 9.47 Å². The first-order chi connectivity index (χ1) is 15.5. The van der Waals surface area contributed by atoms with Crippen molar-refractivity contribution in [1.29, 1.82) is 0 Å². The minimum atomic E-state index is -0.445. The molecule has 0 unspecified atom stereocenters. The van der Waals surface area contributed by atoms with Gasteiger partial charge in [0.1, 0.15) is 11.5 Å². The van der Waals surface area contributed by atoms with Crippen molar-refractivity contribution in [3.8, 4) is 11.5 Å². The lowest BCUT2D eigenvalue weighted by atomic mass is 10.2. The van der Waals surface area contributed by atoms with Crippen LogP contribution in [0.25, 0.3) is 10.2 Å². The monoisotopic (exact) mass is 449 g/mol. The van der Waals surface area contributed by atoms with Crippen molar-refractivity contribution in [1.82, 2.24) is 4.57 Å². The third-order valence-electron chi connectivity index (χ3n) is 4.67. The molecule has 9 heteroatoms. The third kappa shape index (κ3) is 4.74. The highest BCUT2D eigenvalue weighted by molar-refractivity contribution is 7.16. The van der Waals surface area contributed by atoms with Crippen molar-refractivity contribution >= 4 is 33.1 Å². The molecule has 8 nitrogen and oxygen atoms in total. The van der Waals surface area contributed by atoms with Crippen LogP contribution < -0.4 is 9.54 Å². The summed E-state index contributed by atoms with van der Waals surface area (Å²) >= 11 is 1.22. The molecule has 0 atom stereocenters. The zero-order valence-electron chi connectivity index (χ0n) is 17.1. The third-order valence-corrected chi connectivity index (χ3v) is 5.71. The Morgan fingerprint density at radius 2 is 1.78 bits per heavy atom. The highest BCUT2D eigenvalue weighted by Crippen LogP contribution is 2.24. The van der Waals surface area contributed by atoms with Gasteiger partial charge in [-0.1, -0.05) is 29.5 Å². The molecule has 0 saturated heterocycles. The maximum atomic E-state index is 12.8. The zero-order valence-corrected chi connectivity index (χ0v) is 18.0. The van der Waals surface area contributed by atoms with Gasteiger partial charge in [-0.3, -0.25) is 14.9 Å². The van der Waals surface area contributed by atoms with Gasteiger partial charge in [0.15, 0.2) is 4.80 Å². The van der Waals surface area contributed by atoms with E-state index in [2.05, 4.69) is 4.99 Å². The molecule has 0 aliphatic carbocycles. The Morgan fingerprint density at radius 3 is 2.47 bits per heavy atom. The van der Waals surface area contributed by atoms with Gasteiger partial charge >= 0.3 is 0 Å². The van der Waals surface area contributed by atoms with Gasteiger partial charge in [0.2, 0.25) is 0 Å². The highest BCUT2D eigenvalue weighted by Gasteiger charge is 2.13. The second kappa shape index (κ2) is 9.54. The second-order valence-corrected chi connectivity index (χ2v) is 7.80. The number of nitro benzene ring substituents is 1. The van der Waals surface area contributed by atoms with Crippen LogP contribution in [-0.4, -0.2) is 29.1 Å². The fourth-order valence-electron chi connectivity index (χ4n) is 3.10. The highest BCUT2D eigenvalue weighted by atomic mass is 32.1. The van der Waals surface area contributed by atoms with E-state index in [9.17, 15) is 14.9 Å². The lowest BCUT2D eigenvalue weighted by molar-refractivity contribution is -0.384. The number of ether oxygens (including phenoxy) is 2. The van der Waals surface area contributed by atoms with Crippen LogP contribution in [0.2, 0.25) is 0 Å². The summed E-state index contributed by atoms with van der Waals surface area (Å²) in [5.74, 6) is 0.899. The van der Waals surface area contributed by atoms with E-state index in [0.29, 0.717) is 39.7 Å². The summed E-state index contributed by atoms with van der Waals surface area (Å²) in [7, 11) is 1.58. The van der Waals surface area contributed by atoms with E-state index < -0.39 is 10.8 Å². The Morgan fingerprint density at radius 1 is 1.06 bits per heavy atom. The molecule has 4 rings (SSSR count). The number of nitrogens with zero attached hydrogens (tertiary/aromatic N) is 3. The largest absolute Gasteiger partial charge is 0.457 e. The Hall–Kier alpha value is -3.82. The quantitative estimate of drug-likeness (QED) is 0.299. The summed E-state index contributed by atoms with van der Waals surface area (Å²) in [6.07, 6.45) is 0. The number of hydrogen-bond donors (Lipinski definition) is 0. The van der Waals surface area contributed by atoms with Gasteiger partial charge in [0.25, 0.3) is 11.6 Å². The van der Waals surface area contributed by atoms with Crippen molar-refractivity contribution in [3.63, 3.8) is 0 Å². The first kappa shape index (κ1) is 21.4. The molecule has 0 saturated carbocycles. The molecule has 0 aliphatic rings. The lowest BCUT2D eigenvalue weighted by Crippen LogP contribution is -2.19. The zero-order chi connectivity index (χ0) is 22.5. The van der Waals surface area contributed by atoms with Gasteiger partial charge in [-0.25, -0.2) is 0 Å². The Labute approximate surface area is 187 Å². The molecule has 32 heavy (non-hydrogen) atoms. The predicted molar refractivity (Wildman–Crippen MR) is 121 cm³/mol. The van der Waals surface area contributed by atoms with Gasteiger partial charge in [-0.15, -0.1) is 0 Å². The molecule has 0 aliphatic heterocycles. The van der Waals surface area contributed by atoms with Crippen LogP contribution in [0.1, 0.15) is 10.4 Å². The SMILES string of the molecule is COCCn1c(=NC(=O)c2ccc(Oc3ccccc3)cc2)sc2cc([N+](=O)[O-])ccc21. The van der Waals surface area contributed by atoms with Gasteiger partial charge < -0.3 is 14.0 Å². The summed E-state index contributed by atoms with van der Waals surface area (Å²) < 4.78 is 13.4. The number of non-ortho nitro benzene ring substituents is 1. The fourth-order valence-corrected chi connectivity index (χ4v) is 4.19. The number of methoxy groups -OCH3 is 1. The Balaban J connectivity index is 1.65. The topological polar surface area (TPSA) is 96.0 Å². The number of benzene rings is 3. The number of rotatable bonds is 7. The second-order valence-electron chi connectivity index (χ2n) is 6.79. The minimum absolute atomic E-state index is 0.00970. The maximum Gasteiger partial charge on any atom is 0.279 e. The van der Waals surface area contributed by atoms with E-state index in [1.165, 1.54) is 23.5 Å². The first-order valence-corrected chi connectivity index (χ1v) is 10.6.